The first-order valence-electron chi connectivity index (χ1n) is 11.5. The van der Waals surface area contributed by atoms with Gasteiger partial charge in [0.1, 0.15) is 0 Å². The van der Waals surface area contributed by atoms with Gasteiger partial charge in [0.2, 0.25) is 0 Å². The zero-order valence-corrected chi connectivity index (χ0v) is 21.1. The van der Waals surface area contributed by atoms with Gasteiger partial charge in [-0.2, -0.15) is 0 Å². The molecule has 10 heteroatoms. The summed E-state index contributed by atoms with van der Waals surface area (Å²) in [5, 5.41) is 12.1. The number of nitrogens with zero attached hydrogens (tertiary/aromatic N) is 1. The Hall–Kier alpha value is -1.87. The molecule has 4 rings (SSSR count). The number of benzene rings is 1. The van der Waals surface area contributed by atoms with Crippen LogP contribution in [0.25, 0.3) is 11.3 Å². The number of hydrogen-bond donors (Lipinski definition) is 2. The van der Waals surface area contributed by atoms with Crippen molar-refractivity contribution in [2.75, 3.05) is 0 Å². The number of carbonyl (C=O) groups is 2. The SMILES string of the molecule is Cc1c(C(=O)NC2CC(C(=O)O)C2)cc(-c2ccc(S(=O)[O-])c(Cl)c2Cl)n1CC1CCCCC1. The van der Waals surface area contributed by atoms with Gasteiger partial charge in [-0.1, -0.05) is 48.5 Å². The lowest BCUT2D eigenvalue weighted by Crippen LogP contribution is -2.46. The van der Waals surface area contributed by atoms with E-state index < -0.39 is 23.0 Å². The molecular weight excluding hydrogens is 499 g/mol. The molecule has 2 saturated carbocycles. The van der Waals surface area contributed by atoms with Crippen molar-refractivity contribution in [1.82, 2.24) is 9.88 Å². The lowest BCUT2D eigenvalue weighted by molar-refractivity contribution is -0.145. The second-order valence-electron chi connectivity index (χ2n) is 9.29. The van der Waals surface area contributed by atoms with E-state index in [1.165, 1.54) is 25.3 Å². The molecule has 2 aromatic rings. The third-order valence-corrected chi connectivity index (χ3v) is 8.79. The summed E-state index contributed by atoms with van der Waals surface area (Å²) in [6.45, 7) is 2.61. The van der Waals surface area contributed by atoms with E-state index >= 15 is 0 Å². The minimum absolute atomic E-state index is 0.0456. The first-order chi connectivity index (χ1) is 16.2. The number of carbonyl (C=O) groups excluding carboxylic acids is 1. The molecule has 1 atom stereocenters. The van der Waals surface area contributed by atoms with Gasteiger partial charge < -0.3 is 19.5 Å². The maximum absolute atomic E-state index is 13.1. The fraction of sp³-hybridized carbons (Fsp3) is 0.500. The molecule has 0 aliphatic heterocycles. The van der Waals surface area contributed by atoms with Gasteiger partial charge in [0.15, 0.2) is 0 Å². The topological polar surface area (TPSA) is 111 Å². The van der Waals surface area contributed by atoms with Crippen LogP contribution in [0.5, 0.6) is 0 Å². The molecule has 2 fully saturated rings. The molecular formula is C24H27Cl2N2O5S-. The Bertz CT molecular complexity index is 1140. The van der Waals surface area contributed by atoms with E-state index in [-0.39, 0.29) is 26.9 Å². The van der Waals surface area contributed by atoms with Crippen LogP contribution >= 0.6 is 23.2 Å². The highest BCUT2D eigenvalue weighted by Crippen LogP contribution is 2.40. The van der Waals surface area contributed by atoms with Crippen LogP contribution in [0, 0.1) is 18.8 Å². The Morgan fingerprint density at radius 1 is 1.18 bits per heavy atom. The first kappa shape index (κ1) is 25.2. The standard InChI is InChI=1S/C24H28Cl2N2O5S/c1-13-18(23(29)27-16-9-15(10-16)24(30)31)11-19(28(13)12-14-5-3-2-4-6-14)17-7-8-20(34(32)33)22(26)21(17)25/h7-8,11,14-16H,2-6,9-10,12H2,1H3,(H,27,29)(H,30,31)(H,32,33)/p-1. The third kappa shape index (κ3) is 5.05. The minimum Gasteiger partial charge on any atom is -0.768 e. The Kier molecular flexibility index (Phi) is 7.72. The number of rotatable bonds is 7. The van der Waals surface area contributed by atoms with Crippen molar-refractivity contribution < 1.29 is 23.5 Å². The van der Waals surface area contributed by atoms with Crippen molar-refractivity contribution in [3.63, 3.8) is 0 Å². The van der Waals surface area contributed by atoms with Gasteiger partial charge in [-0.25, -0.2) is 0 Å². The Morgan fingerprint density at radius 3 is 2.47 bits per heavy atom. The quantitative estimate of drug-likeness (QED) is 0.483. The number of nitrogens with one attached hydrogen (secondary N) is 1. The van der Waals surface area contributed by atoms with E-state index in [0.717, 1.165) is 25.1 Å². The summed E-state index contributed by atoms with van der Waals surface area (Å²) in [5.41, 5.74) is 2.55. The lowest BCUT2D eigenvalue weighted by atomic mass is 9.80. The van der Waals surface area contributed by atoms with E-state index in [9.17, 15) is 18.4 Å². The molecule has 184 valence electrons. The Balaban J connectivity index is 1.68. The average molecular weight is 526 g/mol. The molecule has 2 aliphatic carbocycles. The van der Waals surface area contributed by atoms with Gasteiger partial charge in [-0.3, -0.25) is 13.8 Å². The summed E-state index contributed by atoms with van der Waals surface area (Å²) in [6.07, 6.45) is 6.65. The Morgan fingerprint density at radius 2 is 1.85 bits per heavy atom. The second kappa shape index (κ2) is 10.4. The summed E-state index contributed by atoms with van der Waals surface area (Å²) >= 11 is 10.3. The van der Waals surface area contributed by atoms with E-state index in [2.05, 4.69) is 9.88 Å². The first-order valence-corrected chi connectivity index (χ1v) is 13.3. The largest absolute Gasteiger partial charge is 0.768 e. The molecule has 0 saturated heterocycles. The number of carboxylic acid groups (broad SMARTS) is 1. The highest BCUT2D eigenvalue weighted by atomic mass is 35.5. The molecule has 2 aliphatic rings. The highest BCUT2D eigenvalue weighted by molar-refractivity contribution is 7.79. The summed E-state index contributed by atoms with van der Waals surface area (Å²) in [5.74, 6) is -1.03. The van der Waals surface area contributed by atoms with Crippen molar-refractivity contribution >= 4 is 46.2 Å². The van der Waals surface area contributed by atoms with Crippen LogP contribution in [0.4, 0.5) is 0 Å². The number of hydrogen-bond acceptors (Lipinski definition) is 4. The summed E-state index contributed by atoms with van der Waals surface area (Å²) in [4.78, 5) is 24.1. The molecule has 1 aromatic carbocycles. The Labute approximate surface area is 211 Å². The average Bonchev–Trinajstić information content (AvgIpc) is 3.08. The normalized spacial score (nSPS) is 21.6. The fourth-order valence-electron chi connectivity index (χ4n) is 5.02. The van der Waals surface area contributed by atoms with E-state index in [0.29, 0.717) is 35.6 Å². The molecule has 1 amide bonds. The van der Waals surface area contributed by atoms with Crippen LogP contribution in [-0.4, -0.2) is 36.4 Å². The van der Waals surface area contributed by atoms with Gasteiger partial charge in [-0.05, 0) is 61.7 Å². The van der Waals surface area contributed by atoms with E-state index in [1.807, 2.05) is 6.92 Å². The molecule has 34 heavy (non-hydrogen) atoms. The molecule has 1 unspecified atom stereocenters. The second-order valence-corrected chi connectivity index (χ2v) is 11.0. The zero-order chi connectivity index (χ0) is 24.6. The van der Waals surface area contributed by atoms with Gasteiger partial charge in [0.25, 0.3) is 5.91 Å². The van der Waals surface area contributed by atoms with Crippen LogP contribution in [0.1, 0.15) is 61.0 Å². The summed E-state index contributed by atoms with van der Waals surface area (Å²) in [7, 11) is 0. The molecule has 1 aromatic heterocycles. The highest BCUT2D eigenvalue weighted by Gasteiger charge is 2.36. The molecule has 0 radical (unpaired) electrons. The summed E-state index contributed by atoms with van der Waals surface area (Å²) < 4.78 is 25.0. The molecule has 7 nitrogen and oxygen atoms in total. The zero-order valence-electron chi connectivity index (χ0n) is 18.8. The third-order valence-electron chi connectivity index (χ3n) is 7.10. The van der Waals surface area contributed by atoms with Crippen LogP contribution in [-0.2, 0) is 22.4 Å². The van der Waals surface area contributed by atoms with Gasteiger partial charge >= 0.3 is 5.97 Å². The van der Waals surface area contributed by atoms with E-state index in [4.69, 9.17) is 28.3 Å². The maximum Gasteiger partial charge on any atom is 0.306 e. The molecule has 0 bridgehead atoms. The van der Waals surface area contributed by atoms with Crippen molar-refractivity contribution in [3.05, 3.63) is 39.5 Å². The van der Waals surface area contributed by atoms with Crippen molar-refractivity contribution in [3.8, 4) is 11.3 Å². The van der Waals surface area contributed by atoms with Crippen LogP contribution in [0.2, 0.25) is 10.0 Å². The monoisotopic (exact) mass is 525 g/mol. The van der Waals surface area contributed by atoms with Crippen molar-refractivity contribution in [2.45, 2.75) is 69.4 Å². The number of aromatic nitrogens is 1. The van der Waals surface area contributed by atoms with Crippen LogP contribution in [0.15, 0.2) is 23.1 Å². The van der Waals surface area contributed by atoms with Crippen molar-refractivity contribution in [2.24, 2.45) is 11.8 Å². The fourth-order valence-corrected chi connectivity index (χ4v) is 6.12. The maximum atomic E-state index is 13.1. The van der Waals surface area contributed by atoms with Crippen molar-refractivity contribution in [1.29, 1.82) is 0 Å². The molecule has 1 heterocycles. The minimum atomic E-state index is -2.52. The van der Waals surface area contributed by atoms with Gasteiger partial charge in [0.05, 0.1) is 27.2 Å². The summed E-state index contributed by atoms with van der Waals surface area (Å²) in [6, 6.07) is 4.64. The smallest absolute Gasteiger partial charge is 0.306 e. The molecule has 2 N–H and O–H groups in total. The number of carboxylic acids is 1. The predicted molar refractivity (Wildman–Crippen MR) is 130 cm³/mol. The van der Waals surface area contributed by atoms with Crippen LogP contribution in [0.3, 0.4) is 0 Å². The van der Waals surface area contributed by atoms with Gasteiger partial charge in [0, 0.05) is 28.7 Å². The van der Waals surface area contributed by atoms with Crippen LogP contribution < -0.4 is 5.32 Å². The number of halogens is 2. The van der Waals surface area contributed by atoms with Gasteiger partial charge in [-0.15, -0.1) is 0 Å². The number of amides is 1. The predicted octanol–water partition coefficient (Wildman–Crippen LogP) is 5.18. The molecule has 0 spiro atoms. The lowest BCUT2D eigenvalue weighted by Gasteiger charge is -2.32. The van der Waals surface area contributed by atoms with E-state index in [1.54, 1.807) is 12.1 Å². The number of aliphatic carboxylic acids is 1.